The van der Waals surface area contributed by atoms with E-state index in [1.807, 2.05) is 44.4 Å². The number of benzene rings is 1. The molecular weight excluding hydrogens is 322 g/mol. The number of thioether (sulfide) groups is 1. The van der Waals surface area contributed by atoms with Gasteiger partial charge in [-0.05, 0) is 50.3 Å². The Morgan fingerprint density at radius 3 is 2.96 bits per heavy atom. The van der Waals surface area contributed by atoms with Crippen LogP contribution in [0.25, 0.3) is 5.65 Å². The zero-order valence-electron chi connectivity index (χ0n) is 13.9. The van der Waals surface area contributed by atoms with Crippen LogP contribution in [0.1, 0.15) is 23.2 Å². The zero-order chi connectivity index (χ0) is 17.1. The molecule has 3 rings (SSSR count). The Morgan fingerprint density at radius 1 is 1.33 bits per heavy atom. The first kappa shape index (κ1) is 16.4. The predicted molar refractivity (Wildman–Crippen MR) is 95.4 cm³/mol. The van der Waals surface area contributed by atoms with E-state index in [4.69, 9.17) is 0 Å². The summed E-state index contributed by atoms with van der Waals surface area (Å²) in [6.07, 6.45) is 4.63. The summed E-state index contributed by atoms with van der Waals surface area (Å²) in [7, 11) is 0. The minimum absolute atomic E-state index is 0.00612. The summed E-state index contributed by atoms with van der Waals surface area (Å²) in [5, 5.41) is 15.4. The largest absolute Gasteiger partial charge is 0.326 e. The molecule has 0 fully saturated rings. The number of nitrogens with one attached hydrogen (secondary N) is 1. The van der Waals surface area contributed by atoms with E-state index in [9.17, 15) is 4.79 Å². The normalized spacial score (nSPS) is 11.0. The van der Waals surface area contributed by atoms with Crippen LogP contribution in [0.3, 0.4) is 0 Å². The standard InChI is InChI=1S/C17H19N5OS/c1-11-15(12(2)21-22-10-18-20-17(11)22)7-8-16(23)19-13-5-4-6-14(9-13)24-3/h4-6,9-10H,7-8H2,1-3H3,(H,19,23). The molecule has 124 valence electrons. The van der Waals surface area contributed by atoms with Gasteiger partial charge in [0, 0.05) is 22.6 Å². The molecule has 0 saturated carbocycles. The Balaban J connectivity index is 1.70. The third kappa shape index (κ3) is 3.41. The molecule has 0 bridgehead atoms. The molecule has 3 aromatic rings. The summed E-state index contributed by atoms with van der Waals surface area (Å²) in [4.78, 5) is 13.4. The molecule has 7 heteroatoms. The monoisotopic (exact) mass is 341 g/mol. The number of fused-ring (bicyclic) bond motifs is 1. The van der Waals surface area contributed by atoms with Crippen LogP contribution in [0.5, 0.6) is 0 Å². The molecule has 0 aliphatic heterocycles. The van der Waals surface area contributed by atoms with Crippen LogP contribution in [-0.4, -0.2) is 32.0 Å². The molecule has 1 N–H and O–H groups in total. The molecule has 0 spiro atoms. The van der Waals surface area contributed by atoms with Crippen molar-refractivity contribution in [2.24, 2.45) is 0 Å². The van der Waals surface area contributed by atoms with E-state index >= 15 is 0 Å². The van der Waals surface area contributed by atoms with Crippen molar-refractivity contribution < 1.29 is 4.79 Å². The van der Waals surface area contributed by atoms with Gasteiger partial charge < -0.3 is 5.32 Å². The lowest BCUT2D eigenvalue weighted by Crippen LogP contribution is -2.14. The summed E-state index contributed by atoms with van der Waals surface area (Å²) >= 11 is 1.65. The number of aryl methyl sites for hydroxylation is 2. The summed E-state index contributed by atoms with van der Waals surface area (Å²) in [6.45, 7) is 3.94. The fourth-order valence-corrected chi connectivity index (χ4v) is 3.17. The Hall–Kier alpha value is -2.41. The van der Waals surface area contributed by atoms with E-state index in [0.717, 1.165) is 33.1 Å². The molecule has 2 heterocycles. The van der Waals surface area contributed by atoms with Gasteiger partial charge in [0.05, 0.1) is 5.69 Å². The van der Waals surface area contributed by atoms with E-state index < -0.39 is 0 Å². The van der Waals surface area contributed by atoms with E-state index in [-0.39, 0.29) is 5.91 Å². The first-order valence-corrected chi connectivity index (χ1v) is 8.91. The SMILES string of the molecule is CSc1cccc(NC(=O)CCc2c(C)nn3cnnc3c2C)c1. The maximum Gasteiger partial charge on any atom is 0.224 e. The van der Waals surface area contributed by atoms with E-state index in [2.05, 4.69) is 20.6 Å². The van der Waals surface area contributed by atoms with E-state index in [1.54, 1.807) is 22.6 Å². The van der Waals surface area contributed by atoms with Gasteiger partial charge in [-0.3, -0.25) is 4.79 Å². The summed E-state index contributed by atoms with van der Waals surface area (Å²) in [6, 6.07) is 7.84. The summed E-state index contributed by atoms with van der Waals surface area (Å²) in [5.74, 6) is -0.00612. The van der Waals surface area contributed by atoms with Crippen molar-refractivity contribution >= 4 is 29.0 Å². The second-order valence-electron chi connectivity index (χ2n) is 5.57. The molecular formula is C17H19N5OS. The highest BCUT2D eigenvalue weighted by Gasteiger charge is 2.13. The van der Waals surface area contributed by atoms with E-state index in [0.29, 0.717) is 12.8 Å². The highest BCUT2D eigenvalue weighted by atomic mass is 32.2. The van der Waals surface area contributed by atoms with Crippen LogP contribution >= 0.6 is 11.8 Å². The van der Waals surface area contributed by atoms with Crippen LogP contribution < -0.4 is 5.32 Å². The van der Waals surface area contributed by atoms with Gasteiger partial charge in [-0.2, -0.15) is 5.10 Å². The number of anilines is 1. The quantitative estimate of drug-likeness (QED) is 0.722. The molecule has 1 aromatic carbocycles. The first-order valence-electron chi connectivity index (χ1n) is 7.68. The number of amides is 1. The van der Waals surface area contributed by atoms with Crippen molar-refractivity contribution in [1.82, 2.24) is 19.8 Å². The lowest BCUT2D eigenvalue weighted by atomic mass is 10.0. The lowest BCUT2D eigenvalue weighted by molar-refractivity contribution is -0.116. The number of hydrogen-bond acceptors (Lipinski definition) is 5. The minimum Gasteiger partial charge on any atom is -0.326 e. The molecule has 2 aromatic heterocycles. The Morgan fingerprint density at radius 2 is 2.17 bits per heavy atom. The van der Waals surface area contributed by atoms with Gasteiger partial charge in [-0.1, -0.05) is 6.07 Å². The lowest BCUT2D eigenvalue weighted by Gasteiger charge is -2.10. The average Bonchev–Trinajstić information content (AvgIpc) is 3.03. The summed E-state index contributed by atoms with van der Waals surface area (Å²) in [5.41, 5.74) is 4.55. The van der Waals surface area contributed by atoms with Crippen LogP contribution in [0.15, 0.2) is 35.5 Å². The van der Waals surface area contributed by atoms with Gasteiger partial charge in [-0.25, -0.2) is 4.52 Å². The molecule has 0 unspecified atom stereocenters. The fourth-order valence-electron chi connectivity index (χ4n) is 2.71. The van der Waals surface area contributed by atoms with Crippen molar-refractivity contribution in [2.75, 3.05) is 11.6 Å². The van der Waals surface area contributed by atoms with Gasteiger partial charge in [0.25, 0.3) is 0 Å². The fraction of sp³-hybridized carbons (Fsp3) is 0.294. The van der Waals surface area contributed by atoms with Gasteiger partial charge in [0.2, 0.25) is 5.91 Å². The van der Waals surface area contributed by atoms with Crippen molar-refractivity contribution in [3.63, 3.8) is 0 Å². The van der Waals surface area contributed by atoms with Crippen molar-refractivity contribution in [3.8, 4) is 0 Å². The van der Waals surface area contributed by atoms with Gasteiger partial charge in [-0.15, -0.1) is 22.0 Å². The minimum atomic E-state index is -0.00612. The number of hydrogen-bond donors (Lipinski definition) is 1. The molecule has 0 aliphatic carbocycles. The van der Waals surface area contributed by atoms with Gasteiger partial charge in [0.15, 0.2) is 5.65 Å². The second kappa shape index (κ2) is 7.00. The Bertz CT molecular complexity index is 890. The molecule has 24 heavy (non-hydrogen) atoms. The number of carbonyl (C=O) groups is 1. The maximum absolute atomic E-state index is 12.3. The first-order chi connectivity index (χ1) is 11.6. The smallest absolute Gasteiger partial charge is 0.224 e. The molecule has 1 amide bonds. The van der Waals surface area contributed by atoms with Crippen LogP contribution in [0, 0.1) is 13.8 Å². The third-order valence-corrected chi connectivity index (χ3v) is 4.69. The topological polar surface area (TPSA) is 72.2 Å². The third-order valence-electron chi connectivity index (χ3n) is 3.97. The van der Waals surface area contributed by atoms with Crippen LogP contribution in [0.2, 0.25) is 0 Å². The molecule has 0 aliphatic rings. The van der Waals surface area contributed by atoms with Gasteiger partial charge >= 0.3 is 0 Å². The zero-order valence-corrected chi connectivity index (χ0v) is 14.7. The van der Waals surface area contributed by atoms with Crippen LogP contribution in [0.4, 0.5) is 5.69 Å². The average molecular weight is 341 g/mol. The molecule has 6 nitrogen and oxygen atoms in total. The maximum atomic E-state index is 12.3. The molecule has 0 atom stereocenters. The van der Waals surface area contributed by atoms with Crippen molar-refractivity contribution in [3.05, 3.63) is 47.4 Å². The number of carbonyl (C=O) groups excluding carboxylic acids is 1. The highest BCUT2D eigenvalue weighted by molar-refractivity contribution is 7.98. The number of rotatable bonds is 5. The molecule has 0 radical (unpaired) electrons. The highest BCUT2D eigenvalue weighted by Crippen LogP contribution is 2.20. The number of aromatic nitrogens is 4. The van der Waals surface area contributed by atoms with Crippen LogP contribution in [-0.2, 0) is 11.2 Å². The summed E-state index contributed by atoms with van der Waals surface area (Å²) < 4.78 is 1.67. The van der Waals surface area contributed by atoms with Crippen molar-refractivity contribution in [2.45, 2.75) is 31.6 Å². The predicted octanol–water partition coefficient (Wildman–Crippen LogP) is 3.03. The number of nitrogens with zero attached hydrogens (tertiary/aromatic N) is 4. The Kier molecular flexibility index (Phi) is 4.80. The van der Waals surface area contributed by atoms with Crippen molar-refractivity contribution in [1.29, 1.82) is 0 Å². The second-order valence-corrected chi connectivity index (χ2v) is 6.45. The molecule has 0 saturated heterocycles. The Labute approximate surface area is 144 Å². The van der Waals surface area contributed by atoms with Gasteiger partial charge in [0.1, 0.15) is 6.33 Å². The van der Waals surface area contributed by atoms with E-state index in [1.165, 1.54) is 0 Å².